The monoisotopic (exact) mass is 286 g/mol. The Kier molecular flexibility index (Phi) is 4.07. The third-order valence-electron chi connectivity index (χ3n) is 3.94. The SMILES string of the molecule is Cc1[nH]c2c(/C=C/Cc3ccccc3)cccc2c1CC#N. The van der Waals surface area contributed by atoms with Gasteiger partial charge in [-0.25, -0.2) is 0 Å². The van der Waals surface area contributed by atoms with E-state index in [0.29, 0.717) is 6.42 Å². The first kappa shape index (κ1) is 14.2. The van der Waals surface area contributed by atoms with Crippen LogP contribution in [-0.2, 0) is 12.8 Å². The second-order valence-corrected chi connectivity index (χ2v) is 5.43. The van der Waals surface area contributed by atoms with E-state index >= 15 is 0 Å². The van der Waals surface area contributed by atoms with E-state index in [1.165, 1.54) is 11.1 Å². The molecule has 0 aliphatic carbocycles. The zero-order chi connectivity index (χ0) is 15.4. The third kappa shape index (κ3) is 2.80. The maximum Gasteiger partial charge on any atom is 0.0670 e. The minimum absolute atomic E-state index is 0.447. The van der Waals surface area contributed by atoms with E-state index in [-0.39, 0.29) is 0 Å². The number of benzene rings is 2. The minimum Gasteiger partial charge on any atom is -0.358 e. The van der Waals surface area contributed by atoms with Crippen molar-refractivity contribution in [1.82, 2.24) is 4.98 Å². The highest BCUT2D eigenvalue weighted by Crippen LogP contribution is 2.26. The van der Waals surface area contributed by atoms with Crippen LogP contribution in [0.15, 0.2) is 54.6 Å². The average molecular weight is 286 g/mol. The molecular formula is C20H18N2. The van der Waals surface area contributed by atoms with Crippen LogP contribution in [0.3, 0.4) is 0 Å². The molecule has 3 aromatic rings. The molecule has 0 saturated heterocycles. The lowest BCUT2D eigenvalue weighted by molar-refractivity contribution is 1.19. The highest BCUT2D eigenvalue weighted by molar-refractivity contribution is 5.91. The largest absolute Gasteiger partial charge is 0.358 e. The predicted molar refractivity (Wildman–Crippen MR) is 91.5 cm³/mol. The molecule has 0 saturated carbocycles. The van der Waals surface area contributed by atoms with Crippen LogP contribution in [0.2, 0.25) is 0 Å². The Hall–Kier alpha value is -2.79. The molecule has 0 fully saturated rings. The maximum absolute atomic E-state index is 8.98. The molecule has 1 N–H and O–H groups in total. The third-order valence-corrected chi connectivity index (χ3v) is 3.94. The molecule has 108 valence electrons. The van der Waals surface area contributed by atoms with E-state index in [2.05, 4.69) is 65.7 Å². The minimum atomic E-state index is 0.447. The Bertz CT molecular complexity index is 849. The molecule has 2 nitrogen and oxygen atoms in total. The number of aryl methyl sites for hydroxylation is 1. The second kappa shape index (κ2) is 6.32. The normalized spacial score (nSPS) is 11.1. The number of nitrogens with one attached hydrogen (secondary N) is 1. The van der Waals surface area contributed by atoms with Gasteiger partial charge in [-0.05, 0) is 30.0 Å². The molecule has 2 heteroatoms. The number of H-pyrrole nitrogens is 1. The van der Waals surface area contributed by atoms with Crippen LogP contribution >= 0.6 is 0 Å². The number of fused-ring (bicyclic) bond motifs is 1. The Morgan fingerprint density at radius 2 is 1.91 bits per heavy atom. The van der Waals surface area contributed by atoms with Crippen LogP contribution in [0.5, 0.6) is 0 Å². The number of para-hydroxylation sites is 1. The van der Waals surface area contributed by atoms with Gasteiger partial charge >= 0.3 is 0 Å². The Morgan fingerprint density at radius 3 is 2.68 bits per heavy atom. The van der Waals surface area contributed by atoms with Gasteiger partial charge in [0.25, 0.3) is 0 Å². The molecule has 0 atom stereocenters. The highest BCUT2D eigenvalue weighted by atomic mass is 14.7. The summed E-state index contributed by atoms with van der Waals surface area (Å²) in [7, 11) is 0. The number of aromatic amines is 1. The van der Waals surface area contributed by atoms with Crippen LogP contribution in [0.25, 0.3) is 17.0 Å². The number of nitriles is 1. The molecule has 3 rings (SSSR count). The van der Waals surface area contributed by atoms with Crippen LogP contribution in [0, 0.1) is 18.3 Å². The van der Waals surface area contributed by atoms with Crippen molar-refractivity contribution in [3.8, 4) is 6.07 Å². The van der Waals surface area contributed by atoms with Crippen molar-refractivity contribution in [2.24, 2.45) is 0 Å². The Morgan fingerprint density at radius 1 is 1.09 bits per heavy atom. The summed E-state index contributed by atoms with van der Waals surface area (Å²) >= 11 is 0. The van der Waals surface area contributed by atoms with E-state index in [9.17, 15) is 0 Å². The van der Waals surface area contributed by atoms with Gasteiger partial charge in [0.05, 0.1) is 18.0 Å². The van der Waals surface area contributed by atoms with Crippen molar-refractivity contribution < 1.29 is 0 Å². The van der Waals surface area contributed by atoms with Crippen LogP contribution < -0.4 is 0 Å². The van der Waals surface area contributed by atoms with E-state index in [1.54, 1.807) is 0 Å². The van der Waals surface area contributed by atoms with Gasteiger partial charge in [0.1, 0.15) is 0 Å². The van der Waals surface area contributed by atoms with E-state index in [1.807, 2.05) is 13.0 Å². The maximum atomic E-state index is 8.98. The smallest absolute Gasteiger partial charge is 0.0670 e. The number of allylic oxidation sites excluding steroid dienone is 1. The fourth-order valence-corrected chi connectivity index (χ4v) is 2.81. The lowest BCUT2D eigenvalue weighted by atomic mass is 10.0. The van der Waals surface area contributed by atoms with Crippen molar-refractivity contribution in [2.75, 3.05) is 0 Å². The Balaban J connectivity index is 1.91. The van der Waals surface area contributed by atoms with Crippen molar-refractivity contribution in [3.05, 3.63) is 77.0 Å². The lowest BCUT2D eigenvalue weighted by Crippen LogP contribution is -1.82. The summed E-state index contributed by atoms with van der Waals surface area (Å²) in [5.74, 6) is 0. The molecular weight excluding hydrogens is 268 g/mol. The first-order valence-electron chi connectivity index (χ1n) is 7.47. The summed E-state index contributed by atoms with van der Waals surface area (Å²) in [6.45, 7) is 2.03. The summed E-state index contributed by atoms with van der Waals surface area (Å²) in [6, 6.07) is 18.9. The topological polar surface area (TPSA) is 39.6 Å². The van der Waals surface area contributed by atoms with Gasteiger partial charge in [0.15, 0.2) is 0 Å². The Labute approximate surface area is 130 Å². The molecule has 0 spiro atoms. The summed E-state index contributed by atoms with van der Waals surface area (Å²) < 4.78 is 0. The van der Waals surface area contributed by atoms with Gasteiger partial charge in [-0.2, -0.15) is 5.26 Å². The summed E-state index contributed by atoms with van der Waals surface area (Å²) in [6.07, 6.45) is 5.71. The summed E-state index contributed by atoms with van der Waals surface area (Å²) in [5.41, 5.74) is 5.78. The quantitative estimate of drug-likeness (QED) is 0.735. The van der Waals surface area contributed by atoms with Gasteiger partial charge in [-0.1, -0.05) is 60.7 Å². The fraction of sp³-hybridized carbons (Fsp3) is 0.150. The standard InChI is InChI=1S/C20H18N2/c1-15-18(13-14-21)19-12-6-11-17(20(19)22-15)10-5-9-16-7-3-2-4-8-16/h2-8,10-12,22H,9,13H2,1H3/b10-5+. The van der Waals surface area contributed by atoms with Gasteiger partial charge in [-0.3, -0.25) is 0 Å². The van der Waals surface area contributed by atoms with Gasteiger partial charge in [-0.15, -0.1) is 0 Å². The van der Waals surface area contributed by atoms with Crippen molar-refractivity contribution >= 4 is 17.0 Å². The molecule has 22 heavy (non-hydrogen) atoms. The molecule has 2 aromatic carbocycles. The molecule has 1 heterocycles. The van der Waals surface area contributed by atoms with E-state index in [4.69, 9.17) is 5.26 Å². The van der Waals surface area contributed by atoms with Gasteiger partial charge < -0.3 is 4.98 Å². The number of nitrogens with zero attached hydrogens (tertiary/aromatic N) is 1. The fourth-order valence-electron chi connectivity index (χ4n) is 2.81. The van der Waals surface area contributed by atoms with Crippen molar-refractivity contribution in [3.63, 3.8) is 0 Å². The van der Waals surface area contributed by atoms with Crippen LogP contribution in [0.4, 0.5) is 0 Å². The molecule has 0 bridgehead atoms. The first-order chi connectivity index (χ1) is 10.8. The zero-order valence-corrected chi connectivity index (χ0v) is 12.6. The number of rotatable bonds is 4. The summed E-state index contributed by atoms with van der Waals surface area (Å²) in [4.78, 5) is 3.43. The molecule has 0 aliphatic heterocycles. The molecule has 1 aromatic heterocycles. The highest BCUT2D eigenvalue weighted by Gasteiger charge is 2.09. The van der Waals surface area contributed by atoms with Crippen molar-refractivity contribution in [1.29, 1.82) is 5.26 Å². The number of hydrogen-bond donors (Lipinski definition) is 1. The number of hydrogen-bond acceptors (Lipinski definition) is 1. The van der Waals surface area contributed by atoms with Gasteiger partial charge in [0, 0.05) is 11.1 Å². The molecule has 0 aliphatic rings. The predicted octanol–water partition coefficient (Wildman–Crippen LogP) is 4.80. The molecule has 0 radical (unpaired) electrons. The van der Waals surface area contributed by atoms with Gasteiger partial charge in [0.2, 0.25) is 0 Å². The van der Waals surface area contributed by atoms with Crippen molar-refractivity contribution in [2.45, 2.75) is 19.8 Å². The van der Waals surface area contributed by atoms with Crippen LogP contribution in [0.1, 0.15) is 22.4 Å². The summed E-state index contributed by atoms with van der Waals surface area (Å²) in [5, 5.41) is 10.1. The van der Waals surface area contributed by atoms with E-state index < -0.39 is 0 Å². The second-order valence-electron chi connectivity index (χ2n) is 5.43. The molecule has 0 unspecified atom stereocenters. The number of aromatic nitrogens is 1. The lowest BCUT2D eigenvalue weighted by Gasteiger charge is -1.99. The average Bonchev–Trinajstić information content (AvgIpc) is 2.86. The molecule has 0 amide bonds. The first-order valence-corrected chi connectivity index (χ1v) is 7.47. The van der Waals surface area contributed by atoms with Crippen LogP contribution in [-0.4, -0.2) is 4.98 Å². The zero-order valence-electron chi connectivity index (χ0n) is 12.6. The van der Waals surface area contributed by atoms with E-state index in [0.717, 1.165) is 28.6 Å².